The summed E-state index contributed by atoms with van der Waals surface area (Å²) >= 11 is 1.38. The van der Waals surface area contributed by atoms with Crippen LogP contribution in [-0.2, 0) is 36.2 Å². The molecule has 2 heterocycles. The van der Waals surface area contributed by atoms with Crippen LogP contribution >= 0.6 is 11.8 Å². The molecule has 0 unspecified atom stereocenters. The Morgan fingerprint density at radius 1 is 1.43 bits per heavy atom. The SMILES string of the molecule is Cn1nc(CNC(=O)CSc2ccc(F)cc2)c2c1CCOC2. The molecule has 122 valence electrons. The second kappa shape index (κ2) is 7.14. The van der Waals surface area contributed by atoms with Gasteiger partial charge < -0.3 is 10.1 Å². The number of nitrogens with one attached hydrogen (secondary N) is 1. The molecule has 1 amide bonds. The highest BCUT2D eigenvalue weighted by atomic mass is 32.2. The first kappa shape index (κ1) is 16.0. The van der Waals surface area contributed by atoms with Crippen molar-refractivity contribution < 1.29 is 13.9 Å². The Hall–Kier alpha value is -1.86. The first-order valence-electron chi connectivity index (χ1n) is 7.40. The predicted octanol–water partition coefficient (Wildman–Crippen LogP) is 2.04. The van der Waals surface area contributed by atoms with Crippen molar-refractivity contribution in [2.75, 3.05) is 12.4 Å². The Morgan fingerprint density at radius 2 is 2.22 bits per heavy atom. The minimum atomic E-state index is -0.277. The van der Waals surface area contributed by atoms with Crippen molar-refractivity contribution in [2.45, 2.75) is 24.5 Å². The molecule has 5 nitrogen and oxygen atoms in total. The van der Waals surface area contributed by atoms with E-state index in [9.17, 15) is 9.18 Å². The summed E-state index contributed by atoms with van der Waals surface area (Å²) in [6, 6.07) is 6.11. The lowest BCUT2D eigenvalue weighted by Gasteiger charge is -2.13. The summed E-state index contributed by atoms with van der Waals surface area (Å²) in [6.45, 7) is 1.67. The van der Waals surface area contributed by atoms with Gasteiger partial charge in [-0.1, -0.05) is 0 Å². The van der Waals surface area contributed by atoms with E-state index in [1.54, 1.807) is 12.1 Å². The molecule has 0 atom stereocenters. The molecule has 1 aliphatic rings. The summed E-state index contributed by atoms with van der Waals surface area (Å²) in [6.07, 6.45) is 0.854. The van der Waals surface area contributed by atoms with Crippen LogP contribution in [0.5, 0.6) is 0 Å². The summed E-state index contributed by atoms with van der Waals surface area (Å²) < 4.78 is 20.2. The van der Waals surface area contributed by atoms with Gasteiger partial charge in [0.05, 0.1) is 31.2 Å². The molecule has 0 saturated carbocycles. The molecule has 0 fully saturated rings. The molecular weight excluding hydrogens is 317 g/mol. The summed E-state index contributed by atoms with van der Waals surface area (Å²) in [7, 11) is 1.92. The number of ether oxygens (including phenoxy) is 1. The Balaban J connectivity index is 1.52. The van der Waals surface area contributed by atoms with Crippen LogP contribution in [0.1, 0.15) is 17.0 Å². The van der Waals surface area contributed by atoms with Gasteiger partial charge in [-0.15, -0.1) is 11.8 Å². The Kier molecular flexibility index (Phi) is 4.97. The van der Waals surface area contributed by atoms with E-state index < -0.39 is 0 Å². The molecule has 1 N–H and O–H groups in total. The standard InChI is InChI=1S/C16H18FN3O2S/c1-20-15-6-7-22-9-13(15)14(19-20)8-18-16(21)10-23-12-4-2-11(17)3-5-12/h2-5H,6-10H2,1H3,(H,18,21). The zero-order chi connectivity index (χ0) is 16.2. The van der Waals surface area contributed by atoms with Gasteiger partial charge in [-0.3, -0.25) is 9.48 Å². The number of hydrogen-bond acceptors (Lipinski definition) is 4. The number of benzene rings is 1. The highest BCUT2D eigenvalue weighted by Gasteiger charge is 2.19. The van der Waals surface area contributed by atoms with E-state index in [2.05, 4.69) is 10.4 Å². The number of fused-ring (bicyclic) bond motifs is 1. The van der Waals surface area contributed by atoms with Gasteiger partial charge in [-0.2, -0.15) is 5.10 Å². The maximum atomic E-state index is 12.8. The highest BCUT2D eigenvalue weighted by Crippen LogP contribution is 2.20. The van der Waals surface area contributed by atoms with E-state index >= 15 is 0 Å². The molecule has 3 rings (SSSR count). The third-order valence-electron chi connectivity index (χ3n) is 3.72. The minimum Gasteiger partial charge on any atom is -0.376 e. The second-order valence-electron chi connectivity index (χ2n) is 5.32. The second-order valence-corrected chi connectivity index (χ2v) is 6.37. The van der Waals surface area contributed by atoms with Crippen molar-refractivity contribution in [1.29, 1.82) is 0 Å². The third-order valence-corrected chi connectivity index (χ3v) is 4.74. The zero-order valence-electron chi connectivity index (χ0n) is 12.8. The smallest absolute Gasteiger partial charge is 0.230 e. The van der Waals surface area contributed by atoms with Gasteiger partial charge in [0, 0.05) is 29.6 Å². The number of carbonyl (C=O) groups is 1. The molecule has 1 aliphatic heterocycles. The fourth-order valence-electron chi connectivity index (χ4n) is 2.54. The Labute approximate surface area is 138 Å². The zero-order valence-corrected chi connectivity index (χ0v) is 13.7. The average molecular weight is 335 g/mol. The largest absolute Gasteiger partial charge is 0.376 e. The number of rotatable bonds is 5. The van der Waals surface area contributed by atoms with E-state index in [1.165, 1.54) is 29.6 Å². The van der Waals surface area contributed by atoms with Crippen molar-refractivity contribution >= 4 is 17.7 Å². The lowest BCUT2D eigenvalue weighted by Crippen LogP contribution is -2.25. The van der Waals surface area contributed by atoms with Crippen molar-refractivity contribution in [3.63, 3.8) is 0 Å². The molecule has 0 spiro atoms. The monoisotopic (exact) mass is 335 g/mol. The number of amides is 1. The van der Waals surface area contributed by atoms with E-state index in [0.29, 0.717) is 19.8 Å². The minimum absolute atomic E-state index is 0.0737. The normalized spacial score (nSPS) is 13.7. The number of nitrogens with zero attached hydrogens (tertiary/aromatic N) is 2. The fourth-order valence-corrected chi connectivity index (χ4v) is 3.27. The maximum absolute atomic E-state index is 12.8. The summed E-state index contributed by atoms with van der Waals surface area (Å²) in [5.41, 5.74) is 3.13. The van der Waals surface area contributed by atoms with E-state index in [1.807, 2.05) is 11.7 Å². The molecule has 23 heavy (non-hydrogen) atoms. The van der Waals surface area contributed by atoms with E-state index in [4.69, 9.17) is 4.74 Å². The van der Waals surface area contributed by atoms with Gasteiger partial charge in [0.15, 0.2) is 0 Å². The summed E-state index contributed by atoms with van der Waals surface area (Å²) in [5, 5.41) is 7.34. The summed E-state index contributed by atoms with van der Waals surface area (Å²) in [5.74, 6) is -0.0617. The molecule has 0 radical (unpaired) electrons. The molecule has 1 aromatic heterocycles. The Bertz CT molecular complexity index is 700. The summed E-state index contributed by atoms with van der Waals surface area (Å²) in [4.78, 5) is 12.8. The molecule has 0 bridgehead atoms. The first-order valence-corrected chi connectivity index (χ1v) is 8.38. The molecule has 0 saturated heterocycles. The van der Waals surface area contributed by atoms with Crippen LogP contribution in [0.3, 0.4) is 0 Å². The number of hydrogen-bond donors (Lipinski definition) is 1. The van der Waals surface area contributed by atoms with Crippen molar-refractivity contribution in [3.8, 4) is 0 Å². The topological polar surface area (TPSA) is 56.2 Å². The number of aromatic nitrogens is 2. The van der Waals surface area contributed by atoms with Gasteiger partial charge in [0.25, 0.3) is 0 Å². The van der Waals surface area contributed by atoms with Gasteiger partial charge >= 0.3 is 0 Å². The van der Waals surface area contributed by atoms with Crippen LogP contribution in [0.2, 0.25) is 0 Å². The van der Waals surface area contributed by atoms with Gasteiger partial charge in [0.2, 0.25) is 5.91 Å². The van der Waals surface area contributed by atoms with E-state index in [-0.39, 0.29) is 17.5 Å². The highest BCUT2D eigenvalue weighted by molar-refractivity contribution is 8.00. The number of aryl methyl sites for hydroxylation is 1. The maximum Gasteiger partial charge on any atom is 0.230 e. The number of thioether (sulfide) groups is 1. The van der Waals surface area contributed by atoms with Crippen molar-refractivity contribution in [2.24, 2.45) is 7.05 Å². The average Bonchev–Trinajstić information content (AvgIpc) is 2.89. The van der Waals surface area contributed by atoms with Crippen LogP contribution in [-0.4, -0.2) is 28.0 Å². The molecule has 2 aromatic rings. The van der Waals surface area contributed by atoms with Gasteiger partial charge in [-0.25, -0.2) is 4.39 Å². The van der Waals surface area contributed by atoms with Crippen LogP contribution in [0.4, 0.5) is 4.39 Å². The number of halogens is 1. The van der Waals surface area contributed by atoms with Gasteiger partial charge in [0.1, 0.15) is 5.82 Å². The number of carbonyl (C=O) groups excluding carboxylic acids is 1. The van der Waals surface area contributed by atoms with Crippen LogP contribution in [0.15, 0.2) is 29.2 Å². The van der Waals surface area contributed by atoms with Crippen LogP contribution in [0.25, 0.3) is 0 Å². The van der Waals surface area contributed by atoms with Crippen molar-refractivity contribution in [1.82, 2.24) is 15.1 Å². The van der Waals surface area contributed by atoms with E-state index in [0.717, 1.165) is 22.6 Å². The van der Waals surface area contributed by atoms with Crippen molar-refractivity contribution in [3.05, 3.63) is 47.0 Å². The fraction of sp³-hybridized carbons (Fsp3) is 0.375. The van der Waals surface area contributed by atoms with Crippen LogP contribution in [0, 0.1) is 5.82 Å². The quantitative estimate of drug-likeness (QED) is 0.850. The third kappa shape index (κ3) is 3.92. The Morgan fingerprint density at radius 3 is 3.00 bits per heavy atom. The molecular formula is C16H18FN3O2S. The lowest BCUT2D eigenvalue weighted by molar-refractivity contribution is -0.118. The van der Waals surface area contributed by atoms with Gasteiger partial charge in [-0.05, 0) is 24.3 Å². The molecule has 0 aliphatic carbocycles. The molecule has 7 heteroatoms. The van der Waals surface area contributed by atoms with Crippen LogP contribution < -0.4 is 5.32 Å². The first-order chi connectivity index (χ1) is 11.1. The molecule has 1 aromatic carbocycles. The predicted molar refractivity (Wildman–Crippen MR) is 85.5 cm³/mol. The lowest BCUT2D eigenvalue weighted by atomic mass is 10.1.